The van der Waals surface area contributed by atoms with Gasteiger partial charge in [-0.1, -0.05) is 43.9 Å². The van der Waals surface area contributed by atoms with E-state index in [-0.39, 0.29) is 37.1 Å². The van der Waals surface area contributed by atoms with Crippen LogP contribution >= 0.6 is 0 Å². The van der Waals surface area contributed by atoms with Gasteiger partial charge in [0.25, 0.3) is 0 Å². The Morgan fingerprint density at radius 1 is 1.07 bits per heavy atom. The zero-order chi connectivity index (χ0) is 21.2. The normalized spacial score (nSPS) is 20.3. The van der Waals surface area contributed by atoms with E-state index in [1.54, 1.807) is 4.90 Å². The fraction of sp³-hybridized carbons (Fsp3) is 0.625. The lowest BCUT2D eigenvalue weighted by Gasteiger charge is -2.26. The number of hydrogen-bond acceptors (Lipinski definition) is 4. The van der Waals surface area contributed by atoms with E-state index in [1.807, 2.05) is 30.3 Å². The maximum atomic E-state index is 12.7. The van der Waals surface area contributed by atoms with Crippen LogP contribution in [0.25, 0.3) is 0 Å². The molecule has 0 bridgehead atoms. The third-order valence-corrected chi connectivity index (χ3v) is 6.31. The molecule has 30 heavy (non-hydrogen) atoms. The Bertz CT molecular complexity index is 722. The van der Waals surface area contributed by atoms with E-state index in [2.05, 4.69) is 16.3 Å². The summed E-state index contributed by atoms with van der Waals surface area (Å²) >= 11 is 0. The molecule has 2 amide bonds. The Kier molecular flexibility index (Phi) is 8.70. The first-order valence-electron chi connectivity index (χ1n) is 11.4. The van der Waals surface area contributed by atoms with Gasteiger partial charge in [-0.2, -0.15) is 5.26 Å². The number of amides is 2. The molecule has 2 fully saturated rings. The number of hydrogen-bond donors (Lipinski definition) is 1. The highest BCUT2D eigenvalue weighted by Gasteiger charge is 2.29. The second-order valence-corrected chi connectivity index (χ2v) is 8.48. The van der Waals surface area contributed by atoms with Gasteiger partial charge in [0.2, 0.25) is 11.8 Å². The number of para-hydroxylation sites is 1. The monoisotopic (exact) mass is 410 g/mol. The predicted molar refractivity (Wildman–Crippen MR) is 118 cm³/mol. The van der Waals surface area contributed by atoms with E-state index in [1.165, 1.54) is 38.5 Å². The minimum Gasteiger partial charge on any atom is -0.352 e. The van der Waals surface area contributed by atoms with E-state index in [0.29, 0.717) is 12.6 Å². The van der Waals surface area contributed by atoms with Crippen molar-refractivity contribution in [3.8, 4) is 6.07 Å². The van der Waals surface area contributed by atoms with Crippen molar-refractivity contribution in [3.63, 3.8) is 0 Å². The molecule has 1 aromatic rings. The summed E-state index contributed by atoms with van der Waals surface area (Å²) in [5.74, 6) is -0.164. The summed E-state index contributed by atoms with van der Waals surface area (Å²) in [5, 5.41) is 12.0. The first-order chi connectivity index (χ1) is 14.7. The standard InChI is InChI=1S/C24H34N4O2/c25-16-8-17-28(22-11-6-3-7-12-22)24(30)14-13-23(29)26-20-15-18-27(19-20)21-9-4-1-2-5-10-21/h3,6-7,11-12,20-21H,1-2,4-5,8-10,13-15,17-19H2,(H,26,29). The molecule has 1 aliphatic carbocycles. The van der Waals surface area contributed by atoms with Crippen molar-refractivity contribution < 1.29 is 9.59 Å². The van der Waals surface area contributed by atoms with Crippen LogP contribution in [0.5, 0.6) is 0 Å². The van der Waals surface area contributed by atoms with E-state index < -0.39 is 0 Å². The van der Waals surface area contributed by atoms with Crippen LogP contribution in [-0.2, 0) is 9.59 Å². The molecule has 1 saturated carbocycles. The Morgan fingerprint density at radius 3 is 2.50 bits per heavy atom. The highest BCUT2D eigenvalue weighted by atomic mass is 16.2. The van der Waals surface area contributed by atoms with Gasteiger partial charge in [-0.3, -0.25) is 14.5 Å². The smallest absolute Gasteiger partial charge is 0.227 e. The molecular weight excluding hydrogens is 376 g/mol. The number of rotatable bonds is 8. The molecule has 1 unspecified atom stereocenters. The van der Waals surface area contributed by atoms with Crippen LogP contribution in [-0.4, -0.2) is 48.4 Å². The van der Waals surface area contributed by atoms with Crippen LogP contribution in [0.15, 0.2) is 30.3 Å². The first kappa shape index (κ1) is 22.3. The Hall–Kier alpha value is -2.39. The Morgan fingerprint density at radius 2 is 1.80 bits per heavy atom. The molecule has 0 spiro atoms. The van der Waals surface area contributed by atoms with Gasteiger partial charge in [-0.05, 0) is 31.4 Å². The molecule has 1 heterocycles. The Balaban J connectivity index is 1.44. The lowest BCUT2D eigenvalue weighted by molar-refractivity contribution is -0.125. The van der Waals surface area contributed by atoms with Crippen molar-refractivity contribution in [1.29, 1.82) is 5.26 Å². The molecule has 1 saturated heterocycles. The number of nitriles is 1. The third-order valence-electron chi connectivity index (χ3n) is 6.31. The van der Waals surface area contributed by atoms with Crippen molar-refractivity contribution >= 4 is 17.5 Å². The highest BCUT2D eigenvalue weighted by molar-refractivity contribution is 5.95. The third kappa shape index (κ3) is 6.56. The summed E-state index contributed by atoms with van der Waals surface area (Å²) in [5.41, 5.74) is 0.771. The number of benzene rings is 1. The average Bonchev–Trinajstić information content (AvgIpc) is 3.05. The van der Waals surface area contributed by atoms with Gasteiger partial charge in [-0.15, -0.1) is 0 Å². The number of likely N-dealkylation sites (tertiary alicyclic amines) is 1. The summed E-state index contributed by atoms with van der Waals surface area (Å²) in [6.45, 7) is 2.34. The average molecular weight is 411 g/mol. The lowest BCUT2D eigenvalue weighted by atomic mass is 10.1. The van der Waals surface area contributed by atoms with Gasteiger partial charge < -0.3 is 10.2 Å². The molecule has 6 nitrogen and oxygen atoms in total. The fourth-order valence-electron chi connectivity index (χ4n) is 4.68. The van der Waals surface area contributed by atoms with Crippen molar-refractivity contribution in [2.75, 3.05) is 24.5 Å². The summed E-state index contributed by atoms with van der Waals surface area (Å²) in [6, 6.07) is 12.3. The summed E-state index contributed by atoms with van der Waals surface area (Å²) in [6.07, 6.45) is 9.54. The molecule has 1 aliphatic heterocycles. The van der Waals surface area contributed by atoms with Crippen LogP contribution in [0, 0.1) is 11.3 Å². The zero-order valence-corrected chi connectivity index (χ0v) is 17.9. The topological polar surface area (TPSA) is 76.4 Å². The van der Waals surface area contributed by atoms with Crippen molar-refractivity contribution in [1.82, 2.24) is 10.2 Å². The van der Waals surface area contributed by atoms with Gasteiger partial charge in [0, 0.05) is 50.2 Å². The molecule has 1 N–H and O–H groups in total. The highest BCUT2D eigenvalue weighted by Crippen LogP contribution is 2.25. The van der Waals surface area contributed by atoms with Crippen LogP contribution in [0.3, 0.4) is 0 Å². The lowest BCUT2D eigenvalue weighted by Crippen LogP contribution is -2.40. The summed E-state index contributed by atoms with van der Waals surface area (Å²) < 4.78 is 0. The van der Waals surface area contributed by atoms with Crippen molar-refractivity contribution in [2.24, 2.45) is 0 Å². The largest absolute Gasteiger partial charge is 0.352 e. The second kappa shape index (κ2) is 11.7. The van der Waals surface area contributed by atoms with E-state index >= 15 is 0 Å². The number of nitrogens with one attached hydrogen (secondary N) is 1. The van der Waals surface area contributed by atoms with Crippen LogP contribution in [0.1, 0.15) is 64.2 Å². The van der Waals surface area contributed by atoms with Gasteiger partial charge >= 0.3 is 0 Å². The van der Waals surface area contributed by atoms with Gasteiger partial charge in [-0.25, -0.2) is 0 Å². The van der Waals surface area contributed by atoms with Crippen LogP contribution < -0.4 is 10.2 Å². The quantitative estimate of drug-likeness (QED) is 0.664. The number of nitrogens with zero attached hydrogens (tertiary/aromatic N) is 3. The van der Waals surface area contributed by atoms with Gasteiger partial charge in [0.05, 0.1) is 12.5 Å². The minimum atomic E-state index is -0.113. The molecule has 2 aliphatic rings. The van der Waals surface area contributed by atoms with Gasteiger partial charge in [0.15, 0.2) is 0 Å². The molecule has 1 aromatic carbocycles. The fourth-order valence-corrected chi connectivity index (χ4v) is 4.68. The van der Waals surface area contributed by atoms with E-state index in [4.69, 9.17) is 5.26 Å². The van der Waals surface area contributed by atoms with Crippen LogP contribution in [0.4, 0.5) is 5.69 Å². The molecule has 0 radical (unpaired) electrons. The number of carbonyl (C=O) groups is 2. The van der Waals surface area contributed by atoms with Crippen LogP contribution in [0.2, 0.25) is 0 Å². The minimum absolute atomic E-state index is 0.0515. The molecule has 162 valence electrons. The predicted octanol–water partition coefficient (Wildman–Crippen LogP) is 3.63. The maximum absolute atomic E-state index is 12.7. The summed E-state index contributed by atoms with van der Waals surface area (Å²) in [7, 11) is 0. The van der Waals surface area contributed by atoms with Crippen molar-refractivity contribution in [3.05, 3.63) is 30.3 Å². The van der Waals surface area contributed by atoms with Gasteiger partial charge in [0.1, 0.15) is 0 Å². The SMILES string of the molecule is N#CCCN(C(=O)CCC(=O)NC1CCN(C2CCCCCC2)C1)c1ccccc1. The molecule has 6 heteroatoms. The molecule has 1 atom stereocenters. The first-order valence-corrected chi connectivity index (χ1v) is 11.4. The van der Waals surface area contributed by atoms with Crippen molar-refractivity contribution in [2.45, 2.75) is 76.3 Å². The van der Waals surface area contributed by atoms with E-state index in [0.717, 1.165) is 25.2 Å². The zero-order valence-electron chi connectivity index (χ0n) is 17.9. The number of anilines is 1. The summed E-state index contributed by atoms with van der Waals surface area (Å²) in [4.78, 5) is 29.3. The maximum Gasteiger partial charge on any atom is 0.227 e. The molecular formula is C24H34N4O2. The number of carbonyl (C=O) groups excluding carboxylic acids is 2. The van der Waals surface area contributed by atoms with E-state index in [9.17, 15) is 9.59 Å². The Labute approximate surface area is 180 Å². The molecule has 3 rings (SSSR count). The molecule has 0 aromatic heterocycles. The second-order valence-electron chi connectivity index (χ2n) is 8.48.